The van der Waals surface area contributed by atoms with Gasteiger partial charge in [0, 0.05) is 17.2 Å². The Morgan fingerprint density at radius 3 is 2.57 bits per heavy atom. The molecule has 2 aromatic rings. The third-order valence-electron chi connectivity index (χ3n) is 2.59. The van der Waals surface area contributed by atoms with Crippen molar-refractivity contribution < 1.29 is 23.0 Å². The molecule has 2 aromatic carbocycles. The quantitative estimate of drug-likeness (QED) is 0.881. The molecule has 0 fully saturated rings. The summed E-state index contributed by atoms with van der Waals surface area (Å²) in [5.74, 6) is 3.30. The molecule has 2 nitrogen and oxygen atoms in total. The van der Waals surface area contributed by atoms with Crippen molar-refractivity contribution in [1.82, 2.24) is 0 Å². The Hall–Kier alpha value is -2.45. The molecule has 0 bridgehead atoms. The van der Waals surface area contributed by atoms with Crippen molar-refractivity contribution in [2.24, 2.45) is 0 Å². The number of aliphatic hydroxyl groups excluding tert-OH is 1. The van der Waals surface area contributed by atoms with Crippen molar-refractivity contribution in [2.75, 3.05) is 6.61 Å². The van der Waals surface area contributed by atoms with E-state index in [0.717, 1.165) is 24.3 Å². The molecule has 0 aliphatic heterocycles. The molecule has 1 N–H and O–H groups in total. The van der Waals surface area contributed by atoms with E-state index in [1.54, 1.807) is 0 Å². The molecule has 0 aromatic heterocycles. The zero-order valence-corrected chi connectivity index (χ0v) is 10.9. The largest absolute Gasteiger partial charge is 0.489 e. The third-order valence-corrected chi connectivity index (χ3v) is 2.59. The van der Waals surface area contributed by atoms with Gasteiger partial charge >= 0.3 is 0 Å². The smallest absolute Gasteiger partial charge is 0.130 e. The van der Waals surface area contributed by atoms with Crippen molar-refractivity contribution in [2.45, 2.75) is 6.61 Å². The molecule has 0 saturated carbocycles. The molecule has 0 spiro atoms. The maximum Gasteiger partial charge on any atom is 0.130 e. The molecule has 2 rings (SSSR count). The number of rotatable bonds is 3. The van der Waals surface area contributed by atoms with Crippen LogP contribution in [0.4, 0.5) is 13.2 Å². The van der Waals surface area contributed by atoms with Gasteiger partial charge in [0.1, 0.15) is 36.4 Å². The molecule has 0 heterocycles. The first-order valence-electron chi connectivity index (χ1n) is 6.05. The number of hydrogen-bond acceptors (Lipinski definition) is 2. The number of ether oxygens (including phenoxy) is 1. The number of benzene rings is 2. The van der Waals surface area contributed by atoms with Crippen LogP contribution in [0.5, 0.6) is 5.75 Å². The highest BCUT2D eigenvalue weighted by Crippen LogP contribution is 2.18. The lowest BCUT2D eigenvalue weighted by atomic mass is 10.2. The van der Waals surface area contributed by atoms with E-state index >= 15 is 0 Å². The van der Waals surface area contributed by atoms with Gasteiger partial charge in [-0.3, -0.25) is 0 Å². The second kappa shape index (κ2) is 6.82. The van der Waals surface area contributed by atoms with Crippen LogP contribution in [0, 0.1) is 29.3 Å². The minimum absolute atomic E-state index is 0.0299. The molecule has 21 heavy (non-hydrogen) atoms. The molecule has 0 aliphatic carbocycles. The maximum absolute atomic E-state index is 13.4. The van der Waals surface area contributed by atoms with Crippen LogP contribution >= 0.6 is 0 Å². The van der Waals surface area contributed by atoms with Crippen LogP contribution in [0.2, 0.25) is 0 Å². The van der Waals surface area contributed by atoms with Gasteiger partial charge in [-0.2, -0.15) is 0 Å². The Bertz CT molecular complexity index is 702. The summed E-state index contributed by atoms with van der Waals surface area (Å²) in [6, 6.07) is 6.75. The maximum atomic E-state index is 13.4. The second-order valence-electron chi connectivity index (χ2n) is 4.16. The first-order chi connectivity index (χ1) is 10.1. The van der Waals surface area contributed by atoms with Crippen LogP contribution < -0.4 is 4.74 Å². The molecular weight excluding hydrogens is 281 g/mol. The Morgan fingerprint density at radius 1 is 1.00 bits per heavy atom. The molecule has 0 atom stereocenters. The Kier molecular flexibility index (Phi) is 4.85. The lowest BCUT2D eigenvalue weighted by molar-refractivity contribution is 0.297. The summed E-state index contributed by atoms with van der Waals surface area (Å²) in [6.07, 6.45) is 0. The first-order valence-corrected chi connectivity index (χ1v) is 6.05. The fourth-order valence-corrected chi connectivity index (χ4v) is 1.67. The minimum atomic E-state index is -0.604. The zero-order valence-electron chi connectivity index (χ0n) is 10.9. The van der Waals surface area contributed by atoms with Gasteiger partial charge in [0.05, 0.1) is 0 Å². The van der Waals surface area contributed by atoms with Gasteiger partial charge in [0.15, 0.2) is 0 Å². The van der Waals surface area contributed by atoms with Gasteiger partial charge in [0.2, 0.25) is 0 Å². The van der Waals surface area contributed by atoms with Crippen molar-refractivity contribution in [3.63, 3.8) is 0 Å². The van der Waals surface area contributed by atoms with Gasteiger partial charge in [-0.05, 0) is 30.3 Å². The molecule has 108 valence electrons. The van der Waals surface area contributed by atoms with Gasteiger partial charge in [-0.1, -0.05) is 11.8 Å². The number of aliphatic hydroxyl groups is 1. The fraction of sp³-hybridized carbons (Fsp3) is 0.125. The van der Waals surface area contributed by atoms with Crippen LogP contribution in [0.25, 0.3) is 0 Å². The highest BCUT2D eigenvalue weighted by atomic mass is 19.1. The van der Waals surface area contributed by atoms with Crippen LogP contribution in [0.15, 0.2) is 36.4 Å². The van der Waals surface area contributed by atoms with E-state index in [2.05, 4.69) is 11.8 Å². The summed E-state index contributed by atoms with van der Waals surface area (Å²) in [5.41, 5.74) is 0.348. The molecular formula is C16H11F3O2. The van der Waals surface area contributed by atoms with Crippen molar-refractivity contribution in [3.05, 3.63) is 65.0 Å². The van der Waals surface area contributed by atoms with E-state index in [-0.39, 0.29) is 24.5 Å². The molecule has 0 saturated heterocycles. The summed E-state index contributed by atoms with van der Waals surface area (Å²) in [7, 11) is 0. The molecule has 0 unspecified atom stereocenters. The van der Waals surface area contributed by atoms with Crippen molar-refractivity contribution >= 4 is 0 Å². The van der Waals surface area contributed by atoms with Crippen LogP contribution in [-0.2, 0) is 6.61 Å². The topological polar surface area (TPSA) is 29.5 Å². The summed E-state index contributed by atoms with van der Waals surface area (Å²) >= 11 is 0. The third kappa shape index (κ3) is 4.26. The normalized spacial score (nSPS) is 9.90. The van der Waals surface area contributed by atoms with E-state index in [9.17, 15) is 13.2 Å². The summed E-state index contributed by atoms with van der Waals surface area (Å²) < 4.78 is 45.1. The summed E-state index contributed by atoms with van der Waals surface area (Å²) in [6.45, 7) is -0.582. The predicted octanol–water partition coefficient (Wildman–Crippen LogP) is 3.03. The zero-order chi connectivity index (χ0) is 15.2. The van der Waals surface area contributed by atoms with Crippen LogP contribution in [-0.4, -0.2) is 11.7 Å². The molecule has 5 heteroatoms. The average molecular weight is 292 g/mol. The Balaban J connectivity index is 2.16. The lowest BCUT2D eigenvalue weighted by Crippen LogP contribution is -2.00. The fourth-order valence-electron chi connectivity index (χ4n) is 1.67. The molecule has 0 aliphatic rings. The van der Waals surface area contributed by atoms with Gasteiger partial charge in [-0.15, -0.1) is 0 Å². The van der Waals surface area contributed by atoms with E-state index < -0.39 is 17.5 Å². The highest BCUT2D eigenvalue weighted by molar-refractivity contribution is 5.40. The summed E-state index contributed by atoms with van der Waals surface area (Å²) in [4.78, 5) is 0. The monoisotopic (exact) mass is 292 g/mol. The average Bonchev–Trinajstić information content (AvgIpc) is 2.45. The van der Waals surface area contributed by atoms with Crippen LogP contribution in [0.1, 0.15) is 11.1 Å². The lowest BCUT2D eigenvalue weighted by Gasteiger charge is -2.08. The van der Waals surface area contributed by atoms with E-state index in [1.807, 2.05) is 0 Å². The Morgan fingerprint density at radius 2 is 1.81 bits per heavy atom. The van der Waals surface area contributed by atoms with E-state index in [4.69, 9.17) is 9.84 Å². The SMILES string of the molecule is OCC#Cc1cc(F)cc(OCc2cc(F)ccc2F)c1. The first kappa shape index (κ1) is 14.9. The van der Waals surface area contributed by atoms with Gasteiger partial charge < -0.3 is 9.84 Å². The predicted molar refractivity (Wildman–Crippen MR) is 71.1 cm³/mol. The minimum Gasteiger partial charge on any atom is -0.489 e. The van der Waals surface area contributed by atoms with Gasteiger partial charge in [0.25, 0.3) is 0 Å². The molecule has 0 amide bonds. The second-order valence-corrected chi connectivity index (χ2v) is 4.16. The standard InChI is InChI=1S/C16H11F3O2/c17-13-3-4-16(19)12(8-13)10-21-15-7-11(2-1-5-20)6-14(18)9-15/h3-4,6-9,20H,5,10H2. The molecule has 0 radical (unpaired) electrons. The Labute approximate surface area is 119 Å². The van der Waals surface area contributed by atoms with Crippen molar-refractivity contribution in [1.29, 1.82) is 0 Å². The number of halogens is 3. The van der Waals surface area contributed by atoms with E-state index in [0.29, 0.717) is 5.56 Å². The van der Waals surface area contributed by atoms with Crippen molar-refractivity contribution in [3.8, 4) is 17.6 Å². The number of hydrogen-bond donors (Lipinski definition) is 1. The highest BCUT2D eigenvalue weighted by Gasteiger charge is 2.06. The van der Waals surface area contributed by atoms with Crippen LogP contribution in [0.3, 0.4) is 0 Å². The summed E-state index contributed by atoms with van der Waals surface area (Å²) in [5, 5.41) is 8.60. The van der Waals surface area contributed by atoms with E-state index in [1.165, 1.54) is 12.1 Å². The van der Waals surface area contributed by atoms with Gasteiger partial charge in [-0.25, -0.2) is 13.2 Å².